The standard InChI is InChI=1S/C13H17N3O2/c17-10-4-1-8(2-5-10)14-9-3-6-11-12(7-9)16-13(18)15-11/h3,6-8,10,14,17H,1-2,4-5H2,(H2,15,16,18). The zero-order valence-corrected chi connectivity index (χ0v) is 10.1. The van der Waals surface area contributed by atoms with E-state index in [9.17, 15) is 9.90 Å². The van der Waals surface area contributed by atoms with Crippen LogP contribution in [-0.2, 0) is 0 Å². The second-order valence-corrected chi connectivity index (χ2v) is 4.99. The van der Waals surface area contributed by atoms with E-state index >= 15 is 0 Å². The molecule has 0 atom stereocenters. The molecule has 0 saturated heterocycles. The van der Waals surface area contributed by atoms with Crippen molar-refractivity contribution in [2.24, 2.45) is 0 Å². The van der Waals surface area contributed by atoms with Gasteiger partial charge in [-0.1, -0.05) is 0 Å². The Morgan fingerprint density at radius 2 is 1.83 bits per heavy atom. The van der Waals surface area contributed by atoms with Crippen molar-refractivity contribution in [3.63, 3.8) is 0 Å². The number of hydrogen-bond acceptors (Lipinski definition) is 3. The number of anilines is 1. The average Bonchev–Trinajstić information content (AvgIpc) is 2.71. The number of benzene rings is 1. The molecule has 1 aromatic carbocycles. The summed E-state index contributed by atoms with van der Waals surface area (Å²) in [6.45, 7) is 0. The van der Waals surface area contributed by atoms with Gasteiger partial charge in [0.2, 0.25) is 0 Å². The van der Waals surface area contributed by atoms with Gasteiger partial charge in [-0.2, -0.15) is 0 Å². The van der Waals surface area contributed by atoms with Gasteiger partial charge in [-0.3, -0.25) is 0 Å². The molecule has 0 amide bonds. The number of imidazole rings is 1. The van der Waals surface area contributed by atoms with Crippen molar-refractivity contribution in [2.45, 2.75) is 37.8 Å². The highest BCUT2D eigenvalue weighted by Crippen LogP contribution is 2.23. The first-order chi connectivity index (χ1) is 8.70. The summed E-state index contributed by atoms with van der Waals surface area (Å²) >= 11 is 0. The molecule has 5 heteroatoms. The minimum Gasteiger partial charge on any atom is -0.393 e. The van der Waals surface area contributed by atoms with Crippen LogP contribution in [0.2, 0.25) is 0 Å². The predicted octanol–water partition coefficient (Wildman–Crippen LogP) is 1.57. The maximum atomic E-state index is 11.2. The summed E-state index contributed by atoms with van der Waals surface area (Å²) in [5, 5.41) is 12.9. The van der Waals surface area contributed by atoms with Crippen LogP contribution in [-0.4, -0.2) is 27.2 Å². The zero-order chi connectivity index (χ0) is 12.5. The molecule has 1 aliphatic carbocycles. The SMILES string of the molecule is O=c1[nH]c2ccc(NC3CCC(O)CC3)cc2[nH]1. The van der Waals surface area contributed by atoms with Gasteiger partial charge in [-0.05, 0) is 43.9 Å². The van der Waals surface area contributed by atoms with Gasteiger partial charge in [0.15, 0.2) is 0 Å². The van der Waals surface area contributed by atoms with Gasteiger partial charge in [0.1, 0.15) is 0 Å². The predicted molar refractivity (Wildman–Crippen MR) is 70.8 cm³/mol. The number of aliphatic hydroxyl groups is 1. The smallest absolute Gasteiger partial charge is 0.323 e. The highest BCUT2D eigenvalue weighted by molar-refractivity contribution is 5.78. The number of aromatic amines is 2. The molecule has 1 aliphatic rings. The van der Waals surface area contributed by atoms with Crippen LogP contribution in [0.1, 0.15) is 25.7 Å². The van der Waals surface area contributed by atoms with Gasteiger partial charge in [0.25, 0.3) is 0 Å². The first kappa shape index (κ1) is 11.3. The lowest BCUT2D eigenvalue weighted by atomic mass is 9.93. The van der Waals surface area contributed by atoms with Crippen LogP contribution in [0.3, 0.4) is 0 Å². The molecule has 0 spiro atoms. The van der Waals surface area contributed by atoms with Gasteiger partial charge < -0.3 is 20.4 Å². The number of fused-ring (bicyclic) bond motifs is 1. The largest absolute Gasteiger partial charge is 0.393 e. The fraction of sp³-hybridized carbons (Fsp3) is 0.462. The second-order valence-electron chi connectivity index (χ2n) is 4.99. The second kappa shape index (κ2) is 4.49. The van der Waals surface area contributed by atoms with Crippen molar-refractivity contribution in [1.82, 2.24) is 9.97 Å². The molecule has 3 rings (SSSR count). The van der Waals surface area contributed by atoms with Gasteiger partial charge in [0.05, 0.1) is 17.1 Å². The Morgan fingerprint density at radius 3 is 2.61 bits per heavy atom. The molecule has 0 unspecified atom stereocenters. The minimum absolute atomic E-state index is 0.133. The van der Waals surface area contributed by atoms with Crippen molar-refractivity contribution in [1.29, 1.82) is 0 Å². The number of rotatable bonds is 2. The molecule has 0 radical (unpaired) electrons. The number of H-pyrrole nitrogens is 2. The highest BCUT2D eigenvalue weighted by atomic mass is 16.3. The number of hydrogen-bond donors (Lipinski definition) is 4. The summed E-state index contributed by atoms with van der Waals surface area (Å²) in [5.41, 5.74) is 2.48. The van der Waals surface area contributed by atoms with Gasteiger partial charge in [0, 0.05) is 11.7 Å². The first-order valence-electron chi connectivity index (χ1n) is 6.37. The summed E-state index contributed by atoms with van der Waals surface area (Å²) in [6.07, 6.45) is 3.57. The summed E-state index contributed by atoms with van der Waals surface area (Å²) in [4.78, 5) is 16.6. The molecule has 2 aromatic rings. The molecule has 1 heterocycles. The van der Waals surface area contributed by atoms with Crippen LogP contribution in [0.5, 0.6) is 0 Å². The summed E-state index contributed by atoms with van der Waals surface area (Å²) < 4.78 is 0. The maximum Gasteiger partial charge on any atom is 0.323 e. The van der Waals surface area contributed by atoms with Crippen LogP contribution in [0.25, 0.3) is 11.0 Å². The topological polar surface area (TPSA) is 80.9 Å². The molecular weight excluding hydrogens is 230 g/mol. The monoisotopic (exact) mass is 247 g/mol. The Morgan fingerprint density at radius 1 is 1.11 bits per heavy atom. The van der Waals surface area contributed by atoms with Gasteiger partial charge in [-0.25, -0.2) is 4.79 Å². The summed E-state index contributed by atoms with van der Waals surface area (Å²) in [6, 6.07) is 6.22. The Labute approximate surface area is 104 Å². The van der Waals surface area contributed by atoms with E-state index in [0.717, 1.165) is 42.4 Å². The Hall–Kier alpha value is -1.75. The van der Waals surface area contributed by atoms with Crippen LogP contribution in [0.4, 0.5) is 5.69 Å². The Bertz CT molecular complexity index is 594. The van der Waals surface area contributed by atoms with E-state index in [1.54, 1.807) is 0 Å². The number of nitrogens with one attached hydrogen (secondary N) is 3. The first-order valence-corrected chi connectivity index (χ1v) is 6.37. The van der Waals surface area contributed by atoms with Crippen molar-refractivity contribution in [2.75, 3.05) is 5.32 Å². The summed E-state index contributed by atoms with van der Waals surface area (Å²) in [7, 11) is 0. The van der Waals surface area contributed by atoms with Gasteiger partial charge >= 0.3 is 5.69 Å². The van der Waals surface area contributed by atoms with E-state index in [2.05, 4.69) is 15.3 Å². The van der Waals surface area contributed by atoms with Gasteiger partial charge in [-0.15, -0.1) is 0 Å². The highest BCUT2D eigenvalue weighted by Gasteiger charge is 2.19. The quantitative estimate of drug-likeness (QED) is 0.650. The Kier molecular flexibility index (Phi) is 2.83. The fourth-order valence-electron chi connectivity index (χ4n) is 2.58. The third-order valence-electron chi connectivity index (χ3n) is 3.58. The van der Waals surface area contributed by atoms with E-state index in [1.807, 2.05) is 18.2 Å². The van der Waals surface area contributed by atoms with E-state index in [4.69, 9.17) is 0 Å². The molecular formula is C13H17N3O2. The van der Waals surface area contributed by atoms with Crippen LogP contribution in [0.15, 0.2) is 23.0 Å². The maximum absolute atomic E-state index is 11.2. The lowest BCUT2D eigenvalue weighted by Gasteiger charge is -2.27. The summed E-state index contributed by atoms with van der Waals surface area (Å²) in [5.74, 6) is 0. The van der Waals surface area contributed by atoms with E-state index in [0.29, 0.717) is 6.04 Å². The van der Waals surface area contributed by atoms with E-state index in [-0.39, 0.29) is 11.8 Å². The molecule has 18 heavy (non-hydrogen) atoms. The van der Waals surface area contributed by atoms with Crippen molar-refractivity contribution >= 4 is 16.7 Å². The normalized spacial score (nSPS) is 24.3. The third kappa shape index (κ3) is 2.26. The van der Waals surface area contributed by atoms with Crippen molar-refractivity contribution < 1.29 is 5.11 Å². The molecule has 1 saturated carbocycles. The molecule has 4 N–H and O–H groups in total. The minimum atomic E-state index is -0.178. The van der Waals surface area contributed by atoms with Crippen LogP contribution < -0.4 is 11.0 Å². The van der Waals surface area contributed by atoms with E-state index in [1.165, 1.54) is 0 Å². The van der Waals surface area contributed by atoms with E-state index < -0.39 is 0 Å². The average molecular weight is 247 g/mol. The third-order valence-corrected chi connectivity index (χ3v) is 3.58. The zero-order valence-electron chi connectivity index (χ0n) is 10.1. The van der Waals surface area contributed by atoms with Crippen molar-refractivity contribution in [3.05, 3.63) is 28.7 Å². The lowest BCUT2D eigenvalue weighted by Crippen LogP contribution is -2.28. The number of aromatic nitrogens is 2. The molecule has 1 aromatic heterocycles. The molecule has 96 valence electrons. The van der Waals surface area contributed by atoms with Crippen LogP contribution in [0, 0.1) is 0 Å². The van der Waals surface area contributed by atoms with Crippen molar-refractivity contribution in [3.8, 4) is 0 Å². The van der Waals surface area contributed by atoms with Crippen LogP contribution >= 0.6 is 0 Å². The lowest BCUT2D eigenvalue weighted by molar-refractivity contribution is 0.126. The molecule has 1 fully saturated rings. The number of aliphatic hydroxyl groups excluding tert-OH is 1. The Balaban J connectivity index is 1.76. The molecule has 5 nitrogen and oxygen atoms in total. The fourth-order valence-corrected chi connectivity index (χ4v) is 2.58. The molecule has 0 bridgehead atoms. The molecule has 0 aliphatic heterocycles.